The highest BCUT2D eigenvalue weighted by Gasteiger charge is 2.31. The molecule has 1 aliphatic rings. The summed E-state index contributed by atoms with van der Waals surface area (Å²) in [6.45, 7) is 4.53. The van der Waals surface area contributed by atoms with Gasteiger partial charge in [-0.05, 0) is 53.3 Å². The lowest BCUT2D eigenvalue weighted by Crippen LogP contribution is -2.27. The third-order valence-electron chi connectivity index (χ3n) is 4.73. The topological polar surface area (TPSA) is 43.8 Å². The Kier molecular flexibility index (Phi) is 4.12. The highest BCUT2D eigenvalue weighted by Crippen LogP contribution is 2.41. The Bertz CT molecular complexity index is 665. The highest BCUT2D eigenvalue weighted by atomic mass is 127. The molecular weight excluding hydrogens is 380 g/mol. The summed E-state index contributed by atoms with van der Waals surface area (Å²) in [6.07, 6.45) is 4.80. The maximum absolute atomic E-state index is 14.0. The molecule has 1 aliphatic carbocycles. The van der Waals surface area contributed by atoms with Gasteiger partial charge in [-0.15, -0.1) is 0 Å². The van der Waals surface area contributed by atoms with Crippen LogP contribution >= 0.6 is 22.6 Å². The van der Waals surface area contributed by atoms with Crippen molar-refractivity contribution in [3.8, 4) is 0 Å². The van der Waals surface area contributed by atoms with Gasteiger partial charge in [0.1, 0.15) is 5.82 Å². The van der Waals surface area contributed by atoms with E-state index >= 15 is 0 Å². The molecule has 0 aliphatic heterocycles. The normalized spacial score (nSPS) is 23.1. The number of halogens is 2. The van der Waals surface area contributed by atoms with Crippen LogP contribution in [-0.4, -0.2) is 9.55 Å². The number of nitrogen functional groups attached to an aromatic ring is 1. The molecule has 0 radical (unpaired) electrons. The van der Waals surface area contributed by atoms with Gasteiger partial charge in [0.15, 0.2) is 0 Å². The van der Waals surface area contributed by atoms with E-state index in [-0.39, 0.29) is 5.82 Å². The molecule has 2 N–H and O–H groups in total. The predicted molar refractivity (Wildman–Crippen MR) is 92.7 cm³/mol. The second kappa shape index (κ2) is 5.74. The number of hydrogen-bond acceptors (Lipinski definition) is 2. The van der Waals surface area contributed by atoms with Crippen molar-refractivity contribution in [1.82, 2.24) is 9.55 Å². The van der Waals surface area contributed by atoms with Crippen LogP contribution < -0.4 is 5.73 Å². The van der Waals surface area contributed by atoms with E-state index < -0.39 is 0 Å². The second-order valence-electron chi connectivity index (χ2n) is 6.35. The van der Waals surface area contributed by atoms with E-state index in [2.05, 4.69) is 23.4 Å². The number of nitrogens with zero attached hydrogens (tertiary/aromatic N) is 2. The molecular formula is C16H21FIN3. The molecule has 2 aromatic rings. The van der Waals surface area contributed by atoms with Crippen LogP contribution in [0.5, 0.6) is 0 Å². The molecule has 1 heterocycles. The first-order valence-electron chi connectivity index (χ1n) is 7.61. The van der Waals surface area contributed by atoms with Gasteiger partial charge in [-0.3, -0.25) is 0 Å². The summed E-state index contributed by atoms with van der Waals surface area (Å²) >= 11 is 2.00. The zero-order chi connectivity index (χ0) is 15.1. The summed E-state index contributed by atoms with van der Waals surface area (Å²) in [5.74, 6) is 1.51. The molecule has 2 unspecified atom stereocenters. The summed E-state index contributed by atoms with van der Waals surface area (Å²) in [5.41, 5.74) is 7.81. The Morgan fingerprint density at radius 2 is 2.05 bits per heavy atom. The van der Waals surface area contributed by atoms with Crippen molar-refractivity contribution in [2.75, 3.05) is 5.73 Å². The summed E-state index contributed by atoms with van der Waals surface area (Å²) in [7, 11) is 0. The fourth-order valence-electron chi connectivity index (χ4n) is 3.70. The zero-order valence-corrected chi connectivity index (χ0v) is 14.6. The SMILES string of the molecule is CC(C)C1CCCCC1n1c(N)nc2cc(I)c(F)cc21. The minimum Gasteiger partial charge on any atom is -0.369 e. The van der Waals surface area contributed by atoms with E-state index in [0.717, 1.165) is 17.5 Å². The number of imidazole rings is 1. The average Bonchev–Trinajstić information content (AvgIpc) is 2.74. The van der Waals surface area contributed by atoms with Crippen LogP contribution in [0.25, 0.3) is 11.0 Å². The Labute approximate surface area is 138 Å². The molecule has 114 valence electrons. The lowest BCUT2D eigenvalue weighted by molar-refractivity contribution is 0.189. The molecule has 1 saturated carbocycles. The Balaban J connectivity index is 2.14. The first-order valence-corrected chi connectivity index (χ1v) is 8.69. The van der Waals surface area contributed by atoms with Gasteiger partial charge >= 0.3 is 0 Å². The van der Waals surface area contributed by atoms with Gasteiger partial charge in [-0.2, -0.15) is 0 Å². The maximum Gasteiger partial charge on any atom is 0.201 e. The summed E-state index contributed by atoms with van der Waals surface area (Å²) in [6, 6.07) is 3.71. The van der Waals surface area contributed by atoms with Crippen LogP contribution in [0.2, 0.25) is 0 Å². The van der Waals surface area contributed by atoms with Gasteiger partial charge in [0.05, 0.1) is 14.6 Å². The summed E-state index contributed by atoms with van der Waals surface area (Å²) in [5, 5.41) is 0. The number of rotatable bonds is 2. The largest absolute Gasteiger partial charge is 0.369 e. The zero-order valence-electron chi connectivity index (χ0n) is 12.4. The number of benzene rings is 1. The highest BCUT2D eigenvalue weighted by molar-refractivity contribution is 14.1. The van der Waals surface area contributed by atoms with E-state index in [9.17, 15) is 4.39 Å². The molecule has 3 rings (SSSR count). The smallest absolute Gasteiger partial charge is 0.201 e. The molecule has 0 saturated heterocycles. The van der Waals surface area contributed by atoms with Crippen LogP contribution in [-0.2, 0) is 0 Å². The van der Waals surface area contributed by atoms with Crippen molar-refractivity contribution < 1.29 is 4.39 Å². The number of anilines is 1. The van der Waals surface area contributed by atoms with Gasteiger partial charge in [0, 0.05) is 12.1 Å². The van der Waals surface area contributed by atoms with Crippen LogP contribution in [0.4, 0.5) is 10.3 Å². The Morgan fingerprint density at radius 1 is 1.33 bits per heavy atom. The maximum atomic E-state index is 14.0. The molecule has 21 heavy (non-hydrogen) atoms. The first-order chi connectivity index (χ1) is 9.99. The van der Waals surface area contributed by atoms with Crippen LogP contribution in [0.1, 0.15) is 45.6 Å². The minimum absolute atomic E-state index is 0.193. The molecule has 0 amide bonds. The third kappa shape index (κ3) is 2.64. The molecule has 3 nitrogen and oxygen atoms in total. The minimum atomic E-state index is -0.193. The fourth-order valence-corrected chi connectivity index (χ4v) is 4.15. The number of fused-ring (bicyclic) bond motifs is 1. The van der Waals surface area contributed by atoms with Crippen LogP contribution in [0, 0.1) is 21.2 Å². The molecule has 2 atom stereocenters. The van der Waals surface area contributed by atoms with Crippen molar-refractivity contribution >= 4 is 39.6 Å². The lowest BCUT2D eigenvalue weighted by atomic mass is 9.77. The average molecular weight is 401 g/mol. The van der Waals surface area contributed by atoms with Gasteiger partial charge in [0.2, 0.25) is 5.95 Å². The molecule has 1 aromatic carbocycles. The summed E-state index contributed by atoms with van der Waals surface area (Å²) < 4.78 is 16.6. The first kappa shape index (κ1) is 15.1. The molecule has 5 heteroatoms. The standard InChI is InChI=1S/C16H21FIN3/c1-9(2)10-5-3-4-6-14(10)21-15-7-11(17)12(18)8-13(15)20-16(21)19/h7-10,14H,3-6H2,1-2H3,(H2,19,20). The summed E-state index contributed by atoms with van der Waals surface area (Å²) in [4.78, 5) is 4.45. The van der Waals surface area contributed by atoms with Gasteiger partial charge in [0.25, 0.3) is 0 Å². The fraction of sp³-hybridized carbons (Fsp3) is 0.562. The van der Waals surface area contributed by atoms with Crippen molar-refractivity contribution in [3.63, 3.8) is 0 Å². The van der Waals surface area contributed by atoms with E-state index in [1.54, 1.807) is 12.1 Å². The Hall–Kier alpha value is -0.850. The van der Waals surface area contributed by atoms with Gasteiger partial charge in [-0.1, -0.05) is 26.7 Å². The number of hydrogen-bond donors (Lipinski definition) is 1. The monoisotopic (exact) mass is 401 g/mol. The Morgan fingerprint density at radius 3 is 2.76 bits per heavy atom. The predicted octanol–water partition coefficient (Wildman–Crippen LogP) is 4.75. The van der Waals surface area contributed by atoms with Gasteiger partial charge in [-0.25, -0.2) is 9.37 Å². The molecule has 1 fully saturated rings. The molecule has 0 spiro atoms. The molecule has 1 aromatic heterocycles. The van der Waals surface area contributed by atoms with Crippen molar-refractivity contribution in [3.05, 3.63) is 21.5 Å². The van der Waals surface area contributed by atoms with E-state index in [4.69, 9.17) is 5.73 Å². The second-order valence-corrected chi connectivity index (χ2v) is 7.52. The van der Waals surface area contributed by atoms with Crippen LogP contribution in [0.15, 0.2) is 12.1 Å². The molecule has 0 bridgehead atoms. The van der Waals surface area contributed by atoms with Gasteiger partial charge < -0.3 is 10.3 Å². The van der Waals surface area contributed by atoms with E-state index in [1.807, 2.05) is 22.6 Å². The van der Waals surface area contributed by atoms with Crippen molar-refractivity contribution in [2.24, 2.45) is 11.8 Å². The van der Waals surface area contributed by atoms with Crippen LogP contribution in [0.3, 0.4) is 0 Å². The lowest BCUT2D eigenvalue weighted by Gasteiger charge is -2.36. The number of aromatic nitrogens is 2. The van der Waals surface area contributed by atoms with Crippen molar-refractivity contribution in [2.45, 2.75) is 45.6 Å². The number of nitrogens with two attached hydrogens (primary N) is 1. The van der Waals surface area contributed by atoms with E-state index in [0.29, 0.717) is 27.4 Å². The van der Waals surface area contributed by atoms with E-state index in [1.165, 1.54) is 19.3 Å². The third-order valence-corrected chi connectivity index (χ3v) is 5.56. The quantitative estimate of drug-likeness (QED) is 0.739. The van der Waals surface area contributed by atoms with Crippen molar-refractivity contribution in [1.29, 1.82) is 0 Å².